The third-order valence-corrected chi connectivity index (χ3v) is 4.40. The summed E-state index contributed by atoms with van der Waals surface area (Å²) in [6.45, 7) is 2.23. The molecule has 1 saturated heterocycles. The third-order valence-electron chi connectivity index (χ3n) is 4.40. The lowest BCUT2D eigenvalue weighted by molar-refractivity contribution is -0.150. The highest BCUT2D eigenvalue weighted by Gasteiger charge is 2.29. The molecule has 0 aliphatic carbocycles. The minimum Gasteiger partial charge on any atom is -0.465 e. The monoisotopic (exact) mass is 341 g/mol. The third kappa shape index (κ3) is 4.68. The standard InChI is InChI=1S/C19H23N3O3/c23-18(16-7-2-1-3-8-16)21-11-4-9-17(15-21)19(24)25-14-6-13-22-12-5-10-20-22/h1-3,5,7-8,10,12,17H,4,6,9,11,13-15H2/t17-/m0/s1. The summed E-state index contributed by atoms with van der Waals surface area (Å²) in [5, 5.41) is 4.11. The quantitative estimate of drug-likeness (QED) is 0.598. The number of hydrogen-bond donors (Lipinski definition) is 0. The predicted octanol–water partition coefficient (Wildman–Crippen LogP) is 2.37. The van der Waals surface area contributed by atoms with Gasteiger partial charge in [-0.25, -0.2) is 0 Å². The first-order chi connectivity index (χ1) is 12.2. The van der Waals surface area contributed by atoms with Crippen LogP contribution in [0.1, 0.15) is 29.6 Å². The van der Waals surface area contributed by atoms with Gasteiger partial charge >= 0.3 is 5.97 Å². The van der Waals surface area contributed by atoms with Gasteiger partial charge in [0.15, 0.2) is 0 Å². The van der Waals surface area contributed by atoms with Crippen molar-refractivity contribution >= 4 is 11.9 Å². The predicted molar refractivity (Wildman–Crippen MR) is 92.9 cm³/mol. The van der Waals surface area contributed by atoms with Crippen molar-refractivity contribution in [2.24, 2.45) is 5.92 Å². The van der Waals surface area contributed by atoms with E-state index in [1.807, 2.05) is 35.1 Å². The van der Waals surface area contributed by atoms with Crippen LogP contribution < -0.4 is 0 Å². The molecule has 0 N–H and O–H groups in total. The first-order valence-electron chi connectivity index (χ1n) is 8.72. The molecule has 1 aliphatic heterocycles. The Kier molecular flexibility index (Phi) is 5.82. The van der Waals surface area contributed by atoms with Crippen LogP contribution in [-0.4, -0.2) is 46.3 Å². The maximum atomic E-state index is 12.5. The molecule has 6 heteroatoms. The Bertz CT molecular complexity index is 685. The maximum Gasteiger partial charge on any atom is 0.310 e. The summed E-state index contributed by atoms with van der Waals surface area (Å²) < 4.78 is 7.21. The molecule has 1 aromatic heterocycles. The molecule has 6 nitrogen and oxygen atoms in total. The van der Waals surface area contributed by atoms with Crippen LogP contribution >= 0.6 is 0 Å². The summed E-state index contributed by atoms with van der Waals surface area (Å²) in [5.41, 5.74) is 0.663. The normalized spacial score (nSPS) is 17.3. The summed E-state index contributed by atoms with van der Waals surface area (Å²) in [6.07, 6.45) is 5.94. The van der Waals surface area contributed by atoms with Crippen molar-refractivity contribution in [3.05, 3.63) is 54.4 Å². The van der Waals surface area contributed by atoms with Crippen molar-refractivity contribution in [1.82, 2.24) is 14.7 Å². The smallest absolute Gasteiger partial charge is 0.310 e. The van der Waals surface area contributed by atoms with Crippen molar-refractivity contribution in [3.63, 3.8) is 0 Å². The fourth-order valence-corrected chi connectivity index (χ4v) is 3.07. The van der Waals surface area contributed by atoms with Crippen molar-refractivity contribution in [2.75, 3.05) is 19.7 Å². The highest BCUT2D eigenvalue weighted by Crippen LogP contribution is 2.20. The Balaban J connectivity index is 1.45. The second-order valence-corrected chi connectivity index (χ2v) is 6.25. The van der Waals surface area contributed by atoms with Crippen molar-refractivity contribution in [1.29, 1.82) is 0 Å². The second-order valence-electron chi connectivity index (χ2n) is 6.25. The molecule has 1 fully saturated rings. The Morgan fingerprint density at radius 3 is 2.80 bits per heavy atom. The van der Waals surface area contributed by atoms with E-state index in [1.165, 1.54) is 0 Å². The number of nitrogens with zero attached hydrogens (tertiary/aromatic N) is 3. The van der Waals surface area contributed by atoms with E-state index in [4.69, 9.17) is 4.74 Å². The molecule has 1 amide bonds. The molecular formula is C19H23N3O3. The van der Waals surface area contributed by atoms with Crippen LogP contribution in [0.3, 0.4) is 0 Å². The van der Waals surface area contributed by atoms with Crippen molar-refractivity contribution < 1.29 is 14.3 Å². The summed E-state index contributed by atoms with van der Waals surface area (Å²) >= 11 is 0. The Morgan fingerprint density at radius 1 is 1.20 bits per heavy atom. The second kappa shape index (κ2) is 8.46. The zero-order valence-electron chi connectivity index (χ0n) is 14.2. The lowest BCUT2D eigenvalue weighted by Crippen LogP contribution is -2.42. The van der Waals surface area contributed by atoms with Gasteiger partial charge in [0.1, 0.15) is 0 Å². The molecule has 3 rings (SSSR count). The molecule has 0 bridgehead atoms. The number of aromatic nitrogens is 2. The van der Waals surface area contributed by atoms with E-state index in [0.29, 0.717) is 25.3 Å². The number of amides is 1. The molecule has 1 aliphatic rings. The van der Waals surface area contributed by atoms with Crippen LogP contribution in [0.5, 0.6) is 0 Å². The molecule has 0 radical (unpaired) electrons. The molecule has 0 saturated carbocycles. The van der Waals surface area contributed by atoms with E-state index >= 15 is 0 Å². The molecular weight excluding hydrogens is 318 g/mol. The van der Waals surface area contributed by atoms with Crippen molar-refractivity contribution in [2.45, 2.75) is 25.8 Å². The number of likely N-dealkylation sites (tertiary alicyclic amines) is 1. The molecule has 1 aromatic carbocycles. The number of carbonyl (C=O) groups is 2. The fraction of sp³-hybridized carbons (Fsp3) is 0.421. The zero-order valence-corrected chi connectivity index (χ0v) is 14.2. The zero-order chi connectivity index (χ0) is 17.5. The van der Waals surface area contributed by atoms with Crippen molar-refractivity contribution in [3.8, 4) is 0 Å². The molecule has 2 heterocycles. The summed E-state index contributed by atoms with van der Waals surface area (Å²) in [7, 11) is 0. The lowest BCUT2D eigenvalue weighted by Gasteiger charge is -2.31. The van der Waals surface area contributed by atoms with Gasteiger partial charge in [0.05, 0.1) is 12.5 Å². The SMILES string of the molecule is O=C(OCCCn1cccn1)[C@H]1CCCN(C(=O)c2ccccc2)C1. The highest BCUT2D eigenvalue weighted by atomic mass is 16.5. The number of ether oxygens (including phenoxy) is 1. The largest absolute Gasteiger partial charge is 0.465 e. The van der Waals surface area contributed by atoms with Crippen LogP contribution in [0, 0.1) is 5.92 Å². The number of rotatable bonds is 6. The van der Waals surface area contributed by atoms with Gasteiger partial charge in [-0.05, 0) is 31.0 Å². The average molecular weight is 341 g/mol. The van der Waals surface area contributed by atoms with Crippen LogP contribution in [0.25, 0.3) is 0 Å². The molecule has 132 valence electrons. The maximum absolute atomic E-state index is 12.5. The Hall–Kier alpha value is -2.63. The van der Waals surface area contributed by atoms with Gasteiger partial charge in [0, 0.05) is 44.0 Å². The minimum atomic E-state index is -0.230. The van der Waals surface area contributed by atoms with E-state index < -0.39 is 0 Å². The van der Waals surface area contributed by atoms with Gasteiger partial charge in [-0.2, -0.15) is 5.10 Å². The molecule has 1 atom stereocenters. The summed E-state index contributed by atoms with van der Waals surface area (Å²) in [6, 6.07) is 11.1. The average Bonchev–Trinajstić information content (AvgIpc) is 3.19. The number of benzene rings is 1. The lowest BCUT2D eigenvalue weighted by atomic mass is 9.97. The van der Waals surface area contributed by atoms with Gasteiger partial charge in [0.25, 0.3) is 5.91 Å². The number of esters is 1. The molecule has 0 unspecified atom stereocenters. The van der Waals surface area contributed by atoms with Crippen LogP contribution in [0.4, 0.5) is 0 Å². The number of piperidine rings is 1. The fourth-order valence-electron chi connectivity index (χ4n) is 3.07. The topological polar surface area (TPSA) is 64.4 Å². The van der Waals surface area contributed by atoms with E-state index in [9.17, 15) is 9.59 Å². The van der Waals surface area contributed by atoms with E-state index in [2.05, 4.69) is 5.10 Å². The van der Waals surface area contributed by atoms with Gasteiger partial charge in [-0.15, -0.1) is 0 Å². The molecule has 25 heavy (non-hydrogen) atoms. The van der Waals surface area contributed by atoms with Crippen LogP contribution in [0.2, 0.25) is 0 Å². The Morgan fingerprint density at radius 2 is 2.04 bits per heavy atom. The first kappa shape index (κ1) is 17.2. The van der Waals surface area contributed by atoms with Gasteiger partial charge < -0.3 is 9.64 Å². The van der Waals surface area contributed by atoms with E-state index in [0.717, 1.165) is 25.8 Å². The van der Waals surface area contributed by atoms with Crippen LogP contribution in [-0.2, 0) is 16.1 Å². The number of carbonyl (C=O) groups excluding carboxylic acids is 2. The highest BCUT2D eigenvalue weighted by molar-refractivity contribution is 5.94. The van der Waals surface area contributed by atoms with Crippen LogP contribution in [0.15, 0.2) is 48.8 Å². The number of aryl methyl sites for hydroxylation is 1. The number of hydrogen-bond acceptors (Lipinski definition) is 4. The molecule has 2 aromatic rings. The van der Waals surface area contributed by atoms with E-state index in [1.54, 1.807) is 23.2 Å². The van der Waals surface area contributed by atoms with Gasteiger partial charge in [0.2, 0.25) is 0 Å². The minimum absolute atomic E-state index is 0.0169. The summed E-state index contributed by atoms with van der Waals surface area (Å²) in [4.78, 5) is 26.6. The van der Waals surface area contributed by atoms with E-state index in [-0.39, 0.29) is 17.8 Å². The van der Waals surface area contributed by atoms with Gasteiger partial charge in [-0.1, -0.05) is 18.2 Å². The summed E-state index contributed by atoms with van der Waals surface area (Å²) in [5.74, 6) is -0.450. The molecule has 0 spiro atoms. The van der Waals surface area contributed by atoms with Gasteiger partial charge in [-0.3, -0.25) is 14.3 Å². The Labute approximate surface area is 147 Å². The first-order valence-corrected chi connectivity index (χ1v) is 8.72.